The minimum atomic E-state index is -4.61. The zero-order chi connectivity index (χ0) is 56.3. The van der Waals surface area contributed by atoms with Crippen LogP contribution in [-0.4, -0.2) is 68.5 Å². The second-order valence-corrected chi connectivity index (χ2v) is 25.9. The molecule has 0 radical (unpaired) electrons. The van der Waals surface area contributed by atoms with E-state index in [1.807, 2.05) is 27.2 Å². The van der Waals surface area contributed by atoms with Gasteiger partial charge in [0.25, 0.3) is 7.82 Å². The number of hydrogen-bond acceptors (Lipinski definition) is 6. The molecule has 0 rings (SSSR count). The van der Waals surface area contributed by atoms with Gasteiger partial charge in [-0.25, -0.2) is 0 Å². The molecule has 0 aromatic carbocycles. The van der Waals surface area contributed by atoms with Gasteiger partial charge in [0.15, 0.2) is 0 Å². The second-order valence-electron chi connectivity index (χ2n) is 24.5. The molecule has 0 fully saturated rings. The van der Waals surface area contributed by atoms with Crippen molar-refractivity contribution in [2.45, 2.75) is 353 Å². The van der Waals surface area contributed by atoms with E-state index < -0.39 is 26.6 Å². The largest absolute Gasteiger partial charge is 0.756 e. The Morgan fingerprint density at radius 2 is 0.727 bits per heavy atom. The van der Waals surface area contributed by atoms with E-state index >= 15 is 0 Å². The van der Waals surface area contributed by atoms with Crippen LogP contribution in [0.15, 0.2) is 36.5 Å². The van der Waals surface area contributed by atoms with Crippen LogP contribution < -0.4 is 10.2 Å². The Hall–Kier alpha value is -1.28. The molecule has 3 atom stereocenters. The number of unbranched alkanes of at least 4 members (excludes halogenated alkanes) is 46. The van der Waals surface area contributed by atoms with Gasteiger partial charge in [0.2, 0.25) is 5.91 Å². The van der Waals surface area contributed by atoms with E-state index in [-0.39, 0.29) is 12.5 Å². The normalized spacial score (nSPS) is 13.9. The Kier molecular flexibility index (Phi) is 58.4. The Bertz CT molecular complexity index is 1350. The van der Waals surface area contributed by atoms with E-state index in [9.17, 15) is 19.4 Å². The van der Waals surface area contributed by atoms with E-state index in [0.717, 1.165) is 44.9 Å². The Balaban J connectivity index is 4.13. The fourth-order valence-corrected chi connectivity index (χ4v) is 11.0. The molecule has 0 saturated heterocycles. The number of likely N-dealkylation sites (N-methyl/N-ethyl adjacent to an activating group) is 1. The summed E-state index contributed by atoms with van der Waals surface area (Å²) in [5.41, 5.74) is 0. The Labute approximate surface area is 480 Å². The summed E-state index contributed by atoms with van der Waals surface area (Å²) in [5.74, 6) is -0.204. The molecule has 0 heterocycles. The van der Waals surface area contributed by atoms with Gasteiger partial charge in [-0.05, 0) is 44.9 Å². The molecule has 3 unspecified atom stereocenters. The smallest absolute Gasteiger partial charge is 0.268 e. The molecule has 9 heteroatoms. The summed E-state index contributed by atoms with van der Waals surface area (Å²) in [7, 11) is 1.25. The quantitative estimate of drug-likeness (QED) is 0.0272. The number of allylic oxidation sites excluding steroid dienone is 5. The molecule has 0 aromatic rings. The molecule has 0 aliphatic carbocycles. The lowest BCUT2D eigenvalue weighted by molar-refractivity contribution is -0.870. The van der Waals surface area contributed by atoms with Crippen LogP contribution in [0, 0.1) is 0 Å². The van der Waals surface area contributed by atoms with E-state index in [1.54, 1.807) is 6.08 Å². The average molecular weight is 1110 g/mol. The van der Waals surface area contributed by atoms with Gasteiger partial charge in [-0.3, -0.25) is 9.36 Å². The topological polar surface area (TPSA) is 108 Å². The Morgan fingerprint density at radius 3 is 1.05 bits per heavy atom. The standard InChI is InChI=1S/C68H133N2O6P/c1-6-8-10-12-14-16-18-20-22-24-26-28-30-32-33-34-35-36-37-38-39-41-43-45-47-49-51-53-55-57-59-61-67(71)66(65-76-77(73,74)75-64-63-70(3,4)5)69-68(72)62-60-58-56-54-52-50-48-46-44-42-40-31-29-27-25-23-21-19-17-15-13-11-9-7-2/h43,45,51,53,59,61,66-67,71H,6-42,44,46-50,52,54-58,60,62-65H2,1-5H3,(H-,69,72,73,74)/b45-43+,53-51+,61-59+. The summed E-state index contributed by atoms with van der Waals surface area (Å²) in [4.78, 5) is 25.6. The molecule has 0 aliphatic heterocycles. The van der Waals surface area contributed by atoms with Crippen molar-refractivity contribution in [3.8, 4) is 0 Å². The fraction of sp³-hybridized carbons (Fsp3) is 0.897. The minimum Gasteiger partial charge on any atom is -0.756 e. The number of phosphoric acid groups is 1. The molecule has 0 spiro atoms. The summed E-state index contributed by atoms with van der Waals surface area (Å²) in [6.07, 6.45) is 78.4. The van der Waals surface area contributed by atoms with Crippen molar-refractivity contribution < 1.29 is 32.9 Å². The second kappa shape index (κ2) is 59.3. The van der Waals surface area contributed by atoms with E-state index in [4.69, 9.17) is 9.05 Å². The van der Waals surface area contributed by atoms with Crippen molar-refractivity contribution in [2.24, 2.45) is 0 Å². The molecule has 0 aromatic heterocycles. The maximum atomic E-state index is 13.0. The first-order chi connectivity index (χ1) is 37.5. The first-order valence-electron chi connectivity index (χ1n) is 33.9. The van der Waals surface area contributed by atoms with Crippen LogP contribution in [0.5, 0.6) is 0 Å². The predicted molar refractivity (Wildman–Crippen MR) is 335 cm³/mol. The minimum absolute atomic E-state index is 0.00713. The molecule has 456 valence electrons. The number of quaternary nitrogens is 1. The number of rotatable bonds is 63. The monoisotopic (exact) mass is 1100 g/mol. The molecule has 77 heavy (non-hydrogen) atoms. The molecule has 8 nitrogen and oxygen atoms in total. The van der Waals surface area contributed by atoms with Crippen molar-refractivity contribution in [1.82, 2.24) is 5.32 Å². The van der Waals surface area contributed by atoms with Crippen LogP contribution in [0.4, 0.5) is 0 Å². The number of aliphatic hydroxyl groups is 1. The third kappa shape index (κ3) is 62.2. The van der Waals surface area contributed by atoms with Crippen molar-refractivity contribution in [1.29, 1.82) is 0 Å². The number of carbonyl (C=O) groups excluding carboxylic acids is 1. The lowest BCUT2D eigenvalue weighted by Gasteiger charge is -2.29. The van der Waals surface area contributed by atoms with Crippen LogP contribution in [-0.2, 0) is 18.4 Å². The summed E-state index contributed by atoms with van der Waals surface area (Å²) in [6, 6.07) is -0.909. The molecule has 0 aliphatic rings. The number of nitrogens with zero attached hydrogens (tertiary/aromatic N) is 1. The third-order valence-corrected chi connectivity index (χ3v) is 16.5. The third-order valence-electron chi connectivity index (χ3n) is 15.6. The maximum absolute atomic E-state index is 13.0. The number of hydrogen-bond donors (Lipinski definition) is 2. The van der Waals surface area contributed by atoms with Crippen LogP contribution in [0.2, 0.25) is 0 Å². The van der Waals surface area contributed by atoms with Gasteiger partial charge in [0.05, 0.1) is 39.9 Å². The van der Waals surface area contributed by atoms with Gasteiger partial charge in [0, 0.05) is 6.42 Å². The fourth-order valence-electron chi connectivity index (χ4n) is 10.3. The first kappa shape index (κ1) is 75.7. The molecule has 1 amide bonds. The summed E-state index contributed by atoms with van der Waals surface area (Å²) >= 11 is 0. The summed E-state index contributed by atoms with van der Waals surface area (Å²) < 4.78 is 23.4. The number of carbonyl (C=O) groups is 1. The maximum Gasteiger partial charge on any atom is 0.268 e. The van der Waals surface area contributed by atoms with E-state index in [1.165, 1.54) is 276 Å². The van der Waals surface area contributed by atoms with Gasteiger partial charge in [-0.1, -0.05) is 326 Å². The van der Waals surface area contributed by atoms with Crippen LogP contribution in [0.1, 0.15) is 341 Å². The summed E-state index contributed by atoms with van der Waals surface area (Å²) in [5, 5.41) is 13.9. The number of nitrogens with one attached hydrogen (secondary N) is 1. The average Bonchev–Trinajstić information content (AvgIpc) is 3.39. The highest BCUT2D eigenvalue weighted by Crippen LogP contribution is 2.38. The molecule has 0 saturated carbocycles. The van der Waals surface area contributed by atoms with Crippen LogP contribution in [0.3, 0.4) is 0 Å². The van der Waals surface area contributed by atoms with E-state index in [0.29, 0.717) is 17.4 Å². The van der Waals surface area contributed by atoms with Crippen LogP contribution in [0.25, 0.3) is 0 Å². The number of aliphatic hydroxyl groups excluding tert-OH is 1. The van der Waals surface area contributed by atoms with Gasteiger partial charge >= 0.3 is 0 Å². The van der Waals surface area contributed by atoms with Gasteiger partial charge < -0.3 is 28.8 Å². The van der Waals surface area contributed by atoms with Gasteiger partial charge in [-0.2, -0.15) is 0 Å². The highest BCUT2D eigenvalue weighted by molar-refractivity contribution is 7.45. The molecule has 2 N–H and O–H groups in total. The lowest BCUT2D eigenvalue weighted by Crippen LogP contribution is -2.45. The molecular weight excluding hydrogens is 972 g/mol. The van der Waals surface area contributed by atoms with E-state index in [2.05, 4.69) is 43.5 Å². The predicted octanol–water partition coefficient (Wildman–Crippen LogP) is 20.6. The molecular formula is C68H133N2O6P. The van der Waals surface area contributed by atoms with Gasteiger partial charge in [-0.15, -0.1) is 0 Å². The van der Waals surface area contributed by atoms with Crippen molar-refractivity contribution >= 4 is 13.7 Å². The summed E-state index contributed by atoms with van der Waals surface area (Å²) in [6.45, 7) is 4.68. The van der Waals surface area contributed by atoms with Crippen LogP contribution >= 0.6 is 7.82 Å². The number of phosphoric ester groups is 1. The number of amides is 1. The first-order valence-corrected chi connectivity index (χ1v) is 35.3. The highest BCUT2D eigenvalue weighted by atomic mass is 31.2. The lowest BCUT2D eigenvalue weighted by atomic mass is 10.0. The zero-order valence-corrected chi connectivity index (χ0v) is 53.1. The SMILES string of the molecule is CCCCCCCCCCCCCCCCCCCCCCC/C=C/CC/C=C/CC/C=C/C(O)C(COP(=O)([O-])OCC[N+](C)(C)C)NC(=O)CCCCCCCCCCCCCCCCCCCCCCCCCC. The van der Waals surface area contributed by atoms with Crippen molar-refractivity contribution in [3.05, 3.63) is 36.5 Å². The van der Waals surface area contributed by atoms with Gasteiger partial charge in [0.1, 0.15) is 13.2 Å². The highest BCUT2D eigenvalue weighted by Gasteiger charge is 2.23. The van der Waals surface area contributed by atoms with Crippen molar-refractivity contribution in [3.63, 3.8) is 0 Å². The molecule has 0 bridgehead atoms. The Morgan fingerprint density at radius 1 is 0.442 bits per heavy atom. The zero-order valence-electron chi connectivity index (χ0n) is 52.2. The van der Waals surface area contributed by atoms with Crippen molar-refractivity contribution in [2.75, 3.05) is 40.9 Å².